The molecule has 1 heterocycles. The van der Waals surface area contributed by atoms with Crippen LogP contribution in [0.2, 0.25) is 0 Å². The van der Waals surface area contributed by atoms with Gasteiger partial charge in [-0.05, 0) is 6.07 Å². The lowest BCUT2D eigenvalue weighted by Gasteiger charge is -1.89. The molecule has 0 saturated carbocycles. The highest BCUT2D eigenvalue weighted by Gasteiger charge is 1.94. The highest BCUT2D eigenvalue weighted by atomic mass is 79.9. The second-order valence-electron chi connectivity index (χ2n) is 1.79. The molecule has 0 fully saturated rings. The summed E-state index contributed by atoms with van der Waals surface area (Å²) in [6.45, 7) is 0. The molecule has 0 aliphatic heterocycles. The van der Waals surface area contributed by atoms with Gasteiger partial charge in [0.05, 0.1) is 17.1 Å². The predicted molar refractivity (Wildman–Crippen MR) is 44.9 cm³/mol. The summed E-state index contributed by atoms with van der Waals surface area (Å²) < 4.78 is 12.7. The first kappa shape index (κ1) is 8.22. The molecule has 0 spiro atoms. The lowest BCUT2D eigenvalue weighted by molar-refractivity contribution is 0.618. The van der Waals surface area contributed by atoms with Gasteiger partial charge in [-0.3, -0.25) is 4.98 Å². The number of pyridine rings is 1. The zero-order chi connectivity index (χ0) is 8.10. The zero-order valence-corrected chi connectivity index (χ0v) is 7.23. The van der Waals surface area contributed by atoms with Gasteiger partial charge < -0.3 is 0 Å². The van der Waals surface area contributed by atoms with Crippen LogP contribution < -0.4 is 0 Å². The molecule has 1 nitrogen and oxygen atoms in total. The van der Waals surface area contributed by atoms with E-state index in [1.807, 2.05) is 0 Å². The Balaban J connectivity index is 2.95. The minimum atomic E-state index is -0.374. The predicted octanol–water partition coefficient (Wildman–Crippen LogP) is 1.97. The fraction of sp³-hybridized carbons (Fsp3) is 0.125. The van der Waals surface area contributed by atoms with E-state index in [1.165, 1.54) is 6.20 Å². The van der Waals surface area contributed by atoms with Crippen LogP contribution in [0.4, 0.5) is 4.39 Å². The molecule has 0 aliphatic carbocycles. The number of rotatable bonds is 0. The molecule has 0 saturated heterocycles. The lowest BCUT2D eigenvalue weighted by atomic mass is 10.3. The van der Waals surface area contributed by atoms with Gasteiger partial charge in [-0.25, -0.2) is 4.39 Å². The van der Waals surface area contributed by atoms with Gasteiger partial charge in [0, 0.05) is 6.20 Å². The van der Waals surface area contributed by atoms with Crippen molar-refractivity contribution in [3.05, 3.63) is 29.8 Å². The van der Waals surface area contributed by atoms with Crippen LogP contribution >= 0.6 is 15.9 Å². The third kappa shape index (κ3) is 2.32. The second kappa shape index (κ2) is 4.09. The van der Waals surface area contributed by atoms with Crippen molar-refractivity contribution in [1.29, 1.82) is 0 Å². The Hall–Kier alpha value is -0.880. The van der Waals surface area contributed by atoms with E-state index in [-0.39, 0.29) is 5.82 Å². The van der Waals surface area contributed by atoms with Crippen molar-refractivity contribution >= 4 is 15.9 Å². The number of alkyl halides is 1. The summed E-state index contributed by atoms with van der Waals surface area (Å²) in [7, 11) is 0. The average Bonchev–Trinajstić information content (AvgIpc) is 2.03. The molecule has 0 aromatic carbocycles. The maximum Gasteiger partial charge on any atom is 0.157 e. The fourth-order valence-corrected chi connectivity index (χ4v) is 0.745. The highest BCUT2D eigenvalue weighted by molar-refractivity contribution is 9.09. The van der Waals surface area contributed by atoms with Crippen LogP contribution in [0.5, 0.6) is 0 Å². The van der Waals surface area contributed by atoms with E-state index in [1.54, 1.807) is 6.07 Å². The first-order chi connectivity index (χ1) is 5.34. The van der Waals surface area contributed by atoms with E-state index < -0.39 is 0 Å². The van der Waals surface area contributed by atoms with E-state index in [9.17, 15) is 4.39 Å². The normalized spacial score (nSPS) is 8.55. The summed E-state index contributed by atoms with van der Waals surface area (Å²) in [5.74, 6) is 4.98. The molecule has 11 heavy (non-hydrogen) atoms. The Morgan fingerprint density at radius 3 is 3.09 bits per heavy atom. The first-order valence-corrected chi connectivity index (χ1v) is 4.11. The monoisotopic (exact) mass is 213 g/mol. The smallest absolute Gasteiger partial charge is 0.157 e. The van der Waals surface area contributed by atoms with Crippen LogP contribution in [0.25, 0.3) is 0 Å². The van der Waals surface area contributed by atoms with E-state index in [0.717, 1.165) is 6.20 Å². The quantitative estimate of drug-likeness (QED) is 0.475. The molecule has 0 atom stereocenters. The van der Waals surface area contributed by atoms with Gasteiger partial charge in [0.15, 0.2) is 5.82 Å². The molecule has 0 amide bonds. The molecule has 56 valence electrons. The first-order valence-electron chi connectivity index (χ1n) is 2.99. The summed E-state index contributed by atoms with van der Waals surface area (Å²) in [5, 5.41) is 0.550. The molecule has 0 bridgehead atoms. The zero-order valence-electron chi connectivity index (χ0n) is 5.64. The number of halogens is 2. The van der Waals surface area contributed by atoms with Gasteiger partial charge in [0.2, 0.25) is 0 Å². The van der Waals surface area contributed by atoms with Crippen LogP contribution in [0.1, 0.15) is 5.56 Å². The van der Waals surface area contributed by atoms with Crippen molar-refractivity contribution in [3.8, 4) is 11.8 Å². The van der Waals surface area contributed by atoms with Crippen LogP contribution in [-0.4, -0.2) is 10.3 Å². The molecular weight excluding hydrogens is 209 g/mol. The molecule has 1 aromatic heterocycles. The van der Waals surface area contributed by atoms with Crippen LogP contribution in [0.15, 0.2) is 18.5 Å². The highest BCUT2D eigenvalue weighted by Crippen LogP contribution is 2.01. The third-order valence-electron chi connectivity index (χ3n) is 1.06. The summed E-state index contributed by atoms with van der Waals surface area (Å²) in [6, 6.07) is 1.55. The van der Waals surface area contributed by atoms with Crippen LogP contribution in [0.3, 0.4) is 0 Å². The Bertz CT molecular complexity index is 300. The third-order valence-corrected chi connectivity index (χ3v) is 1.34. The number of hydrogen-bond donors (Lipinski definition) is 0. The van der Waals surface area contributed by atoms with Crippen molar-refractivity contribution in [2.24, 2.45) is 0 Å². The van der Waals surface area contributed by atoms with E-state index in [2.05, 4.69) is 32.8 Å². The molecule has 1 aromatic rings. The number of hydrogen-bond acceptors (Lipinski definition) is 1. The summed E-state index contributed by atoms with van der Waals surface area (Å²) in [6.07, 6.45) is 2.67. The van der Waals surface area contributed by atoms with Crippen molar-refractivity contribution in [2.45, 2.75) is 0 Å². The van der Waals surface area contributed by atoms with Crippen molar-refractivity contribution in [3.63, 3.8) is 0 Å². The summed E-state index contributed by atoms with van der Waals surface area (Å²) in [4.78, 5) is 3.60. The minimum absolute atomic E-state index is 0.374. The van der Waals surface area contributed by atoms with Gasteiger partial charge in [0.25, 0.3) is 0 Å². The standard InChI is InChI=1S/C8H5BrFN/c9-4-1-2-7-3-5-11-6-8(7)10/h3,5-6H,4H2. The SMILES string of the molecule is Fc1cnccc1C#CCBr. The largest absolute Gasteiger partial charge is 0.262 e. The Morgan fingerprint density at radius 2 is 2.45 bits per heavy atom. The maximum atomic E-state index is 12.7. The maximum absolute atomic E-state index is 12.7. The minimum Gasteiger partial charge on any atom is -0.262 e. The lowest BCUT2D eigenvalue weighted by Crippen LogP contribution is -1.83. The van der Waals surface area contributed by atoms with Crippen molar-refractivity contribution in [2.75, 3.05) is 5.33 Å². The van der Waals surface area contributed by atoms with Gasteiger partial charge in [-0.15, -0.1) is 0 Å². The second-order valence-corrected chi connectivity index (χ2v) is 2.35. The van der Waals surface area contributed by atoms with Crippen LogP contribution in [-0.2, 0) is 0 Å². The molecule has 3 heteroatoms. The Labute approximate surface area is 72.8 Å². The van der Waals surface area contributed by atoms with Gasteiger partial charge in [-0.2, -0.15) is 0 Å². The Morgan fingerprint density at radius 1 is 1.64 bits per heavy atom. The van der Waals surface area contributed by atoms with E-state index in [0.29, 0.717) is 10.9 Å². The molecule has 0 N–H and O–H groups in total. The number of aromatic nitrogens is 1. The molecular formula is C8H5BrFN. The summed E-state index contributed by atoms with van der Waals surface area (Å²) >= 11 is 3.12. The molecule has 0 radical (unpaired) electrons. The fourth-order valence-electron chi connectivity index (χ4n) is 0.605. The van der Waals surface area contributed by atoms with E-state index in [4.69, 9.17) is 0 Å². The molecule has 0 aliphatic rings. The van der Waals surface area contributed by atoms with E-state index >= 15 is 0 Å². The van der Waals surface area contributed by atoms with Gasteiger partial charge >= 0.3 is 0 Å². The van der Waals surface area contributed by atoms with Crippen molar-refractivity contribution in [1.82, 2.24) is 4.98 Å². The van der Waals surface area contributed by atoms with Gasteiger partial charge in [0.1, 0.15) is 0 Å². The molecule has 1 rings (SSSR count). The summed E-state index contributed by atoms with van der Waals surface area (Å²) in [5.41, 5.74) is 0.388. The topological polar surface area (TPSA) is 12.9 Å². The average molecular weight is 214 g/mol. The van der Waals surface area contributed by atoms with Crippen LogP contribution in [0, 0.1) is 17.7 Å². The number of nitrogens with zero attached hydrogens (tertiary/aromatic N) is 1. The van der Waals surface area contributed by atoms with Crippen molar-refractivity contribution < 1.29 is 4.39 Å². The Kier molecular flexibility index (Phi) is 3.06. The molecule has 0 unspecified atom stereocenters. The van der Waals surface area contributed by atoms with Gasteiger partial charge in [-0.1, -0.05) is 27.8 Å².